The number of hydrogen-bond donors (Lipinski definition) is 0. The van der Waals surface area contributed by atoms with Crippen LogP contribution in [0.2, 0.25) is 0 Å². The van der Waals surface area contributed by atoms with E-state index in [1.165, 1.54) is 0 Å². The van der Waals surface area contributed by atoms with Crippen LogP contribution in [0.4, 0.5) is 4.79 Å². The van der Waals surface area contributed by atoms with Crippen molar-refractivity contribution in [2.24, 2.45) is 5.92 Å². The molecule has 0 aromatic rings. The fraction of sp³-hybridized carbons (Fsp3) is 0.867. The van der Waals surface area contributed by atoms with Crippen LogP contribution in [-0.2, 0) is 14.3 Å². The van der Waals surface area contributed by atoms with Crippen LogP contribution in [0.5, 0.6) is 0 Å². The van der Waals surface area contributed by atoms with Crippen molar-refractivity contribution in [1.29, 1.82) is 0 Å². The Balaban J connectivity index is 2.38. The molecule has 0 aromatic heterocycles. The van der Waals surface area contributed by atoms with Gasteiger partial charge in [-0.2, -0.15) is 0 Å². The summed E-state index contributed by atoms with van der Waals surface area (Å²) in [5, 5.41) is 0. The van der Waals surface area contributed by atoms with Gasteiger partial charge in [-0.1, -0.05) is 6.92 Å². The minimum Gasteiger partial charge on any atom is -0.465 e. The maximum atomic E-state index is 12.0. The van der Waals surface area contributed by atoms with Crippen molar-refractivity contribution in [3.8, 4) is 0 Å². The molecule has 5 nitrogen and oxygen atoms in total. The predicted molar refractivity (Wildman–Crippen MR) is 76.4 cm³/mol. The molecule has 0 saturated carbocycles. The highest BCUT2D eigenvalue weighted by Crippen LogP contribution is 2.19. The van der Waals surface area contributed by atoms with Gasteiger partial charge in [0.15, 0.2) is 0 Å². The smallest absolute Gasteiger partial charge is 0.410 e. The lowest BCUT2D eigenvalue weighted by Crippen LogP contribution is -2.44. The molecule has 1 heterocycles. The van der Waals surface area contributed by atoms with Gasteiger partial charge in [0.25, 0.3) is 0 Å². The number of carbonyl (C=O) groups is 2. The summed E-state index contributed by atoms with van der Waals surface area (Å²) in [5.74, 6) is 0.0685. The van der Waals surface area contributed by atoms with E-state index in [2.05, 4.69) is 0 Å². The molecular weight excluding hydrogens is 258 g/mol. The molecule has 0 aliphatic carbocycles. The molecule has 0 spiro atoms. The number of esters is 1. The first-order valence-electron chi connectivity index (χ1n) is 7.45. The quantitative estimate of drug-likeness (QED) is 0.745. The molecule has 0 radical (unpaired) electrons. The van der Waals surface area contributed by atoms with E-state index in [1.54, 1.807) is 4.90 Å². The molecule has 1 aliphatic rings. The van der Waals surface area contributed by atoms with Crippen LogP contribution in [0.3, 0.4) is 0 Å². The second kappa shape index (κ2) is 7.50. The zero-order chi connectivity index (χ0) is 15.2. The summed E-state index contributed by atoms with van der Waals surface area (Å²) in [6, 6.07) is 0. The van der Waals surface area contributed by atoms with Crippen LogP contribution in [0.15, 0.2) is 0 Å². The fourth-order valence-corrected chi connectivity index (χ4v) is 2.18. The van der Waals surface area contributed by atoms with Gasteiger partial charge < -0.3 is 14.4 Å². The summed E-state index contributed by atoms with van der Waals surface area (Å²) in [7, 11) is 0. The fourth-order valence-electron chi connectivity index (χ4n) is 2.18. The first kappa shape index (κ1) is 16.8. The van der Waals surface area contributed by atoms with E-state index in [-0.39, 0.29) is 18.0 Å². The highest BCUT2D eigenvalue weighted by atomic mass is 16.6. The second-order valence-electron chi connectivity index (χ2n) is 6.37. The van der Waals surface area contributed by atoms with Gasteiger partial charge in [-0.25, -0.2) is 4.79 Å². The summed E-state index contributed by atoms with van der Waals surface area (Å²) in [6.45, 7) is 9.25. The van der Waals surface area contributed by atoms with Crippen LogP contribution >= 0.6 is 0 Å². The molecule has 20 heavy (non-hydrogen) atoms. The number of rotatable bonds is 4. The Morgan fingerprint density at radius 1 is 1.30 bits per heavy atom. The van der Waals surface area contributed by atoms with Crippen LogP contribution in [0.25, 0.3) is 0 Å². The molecule has 1 saturated heterocycles. The first-order chi connectivity index (χ1) is 9.31. The molecule has 0 bridgehead atoms. The molecule has 116 valence electrons. The zero-order valence-electron chi connectivity index (χ0n) is 13.1. The molecule has 1 aliphatic heterocycles. The van der Waals surface area contributed by atoms with E-state index in [0.29, 0.717) is 26.1 Å². The number of ether oxygens (including phenoxy) is 2. The molecule has 0 aromatic carbocycles. The lowest BCUT2D eigenvalue weighted by atomic mass is 9.99. The van der Waals surface area contributed by atoms with Gasteiger partial charge in [0, 0.05) is 25.4 Å². The number of likely N-dealkylation sites (tertiary alicyclic amines) is 1. The monoisotopic (exact) mass is 285 g/mol. The predicted octanol–water partition coefficient (Wildman–Crippen LogP) is 2.98. The summed E-state index contributed by atoms with van der Waals surface area (Å²) in [5.41, 5.74) is -0.475. The van der Waals surface area contributed by atoms with Crippen molar-refractivity contribution < 1.29 is 19.1 Å². The third-order valence-electron chi connectivity index (χ3n) is 3.10. The number of carbonyl (C=O) groups excluding carboxylic acids is 2. The Kier molecular flexibility index (Phi) is 6.30. The van der Waals surface area contributed by atoms with Crippen LogP contribution < -0.4 is 0 Å². The van der Waals surface area contributed by atoms with E-state index in [1.807, 2.05) is 27.7 Å². The average molecular weight is 285 g/mol. The maximum Gasteiger partial charge on any atom is 0.410 e. The highest BCUT2D eigenvalue weighted by Gasteiger charge is 2.28. The summed E-state index contributed by atoms with van der Waals surface area (Å²) < 4.78 is 10.6. The van der Waals surface area contributed by atoms with Crippen molar-refractivity contribution in [3.63, 3.8) is 0 Å². The number of piperidine rings is 1. The summed E-state index contributed by atoms with van der Waals surface area (Å²) in [6.07, 6.45) is 2.89. The van der Waals surface area contributed by atoms with Gasteiger partial charge in [0.05, 0.1) is 6.61 Å². The lowest BCUT2D eigenvalue weighted by molar-refractivity contribution is -0.145. The van der Waals surface area contributed by atoms with E-state index in [0.717, 1.165) is 19.3 Å². The van der Waals surface area contributed by atoms with Crippen molar-refractivity contribution in [1.82, 2.24) is 4.90 Å². The highest BCUT2D eigenvalue weighted by molar-refractivity contribution is 5.69. The molecule has 1 amide bonds. The van der Waals surface area contributed by atoms with Crippen molar-refractivity contribution in [2.75, 3.05) is 19.7 Å². The van der Waals surface area contributed by atoms with Crippen molar-refractivity contribution in [2.45, 2.75) is 59.0 Å². The third-order valence-corrected chi connectivity index (χ3v) is 3.10. The van der Waals surface area contributed by atoms with E-state index in [9.17, 15) is 9.59 Å². The standard InChI is InChI=1S/C15H27NO4/c1-5-7-13(17)19-11-12-8-6-9-16(10-12)14(18)20-15(2,3)4/h12H,5-11H2,1-4H3. The molecule has 0 N–H and O–H groups in total. The topological polar surface area (TPSA) is 55.8 Å². The second-order valence-corrected chi connectivity index (χ2v) is 6.37. The number of hydrogen-bond acceptors (Lipinski definition) is 4. The van der Waals surface area contributed by atoms with Gasteiger partial charge in [0.2, 0.25) is 0 Å². The van der Waals surface area contributed by atoms with E-state index < -0.39 is 5.60 Å². The Morgan fingerprint density at radius 3 is 2.60 bits per heavy atom. The van der Waals surface area contributed by atoms with Gasteiger partial charge in [0.1, 0.15) is 5.60 Å². The molecule has 1 fully saturated rings. The van der Waals surface area contributed by atoms with Gasteiger partial charge in [-0.3, -0.25) is 4.79 Å². The van der Waals surface area contributed by atoms with E-state index in [4.69, 9.17) is 9.47 Å². The average Bonchev–Trinajstić information content (AvgIpc) is 2.35. The normalized spacial score (nSPS) is 19.6. The SMILES string of the molecule is CCCC(=O)OCC1CCCN(C(=O)OC(C)(C)C)C1. The van der Waals surface area contributed by atoms with Crippen molar-refractivity contribution >= 4 is 12.1 Å². The molecular formula is C15H27NO4. The third kappa shape index (κ3) is 6.26. The lowest BCUT2D eigenvalue weighted by Gasteiger charge is -2.33. The first-order valence-corrected chi connectivity index (χ1v) is 7.45. The van der Waals surface area contributed by atoms with Crippen molar-refractivity contribution in [3.05, 3.63) is 0 Å². The Morgan fingerprint density at radius 2 is 2.00 bits per heavy atom. The Labute approximate surface area is 121 Å². The van der Waals surface area contributed by atoms with Gasteiger partial charge >= 0.3 is 12.1 Å². The van der Waals surface area contributed by atoms with Crippen LogP contribution in [-0.4, -0.2) is 42.3 Å². The zero-order valence-corrected chi connectivity index (χ0v) is 13.1. The Bertz CT molecular complexity index is 335. The molecule has 1 atom stereocenters. The minimum absolute atomic E-state index is 0.151. The molecule has 1 rings (SSSR count). The number of nitrogens with zero attached hydrogens (tertiary/aromatic N) is 1. The van der Waals surface area contributed by atoms with E-state index >= 15 is 0 Å². The summed E-state index contributed by atoms with van der Waals surface area (Å²) in [4.78, 5) is 25.1. The minimum atomic E-state index is -0.475. The Hall–Kier alpha value is -1.26. The van der Waals surface area contributed by atoms with Gasteiger partial charge in [-0.15, -0.1) is 0 Å². The van der Waals surface area contributed by atoms with Gasteiger partial charge in [-0.05, 0) is 40.0 Å². The number of amides is 1. The van der Waals surface area contributed by atoms with Crippen LogP contribution in [0, 0.1) is 5.92 Å². The van der Waals surface area contributed by atoms with Crippen LogP contribution in [0.1, 0.15) is 53.4 Å². The maximum absolute atomic E-state index is 12.0. The largest absolute Gasteiger partial charge is 0.465 e. The summed E-state index contributed by atoms with van der Waals surface area (Å²) >= 11 is 0. The molecule has 5 heteroatoms. The molecule has 1 unspecified atom stereocenters.